The third-order valence-electron chi connectivity index (χ3n) is 4.27. The number of benzene rings is 1. The molecule has 0 spiro atoms. The molecule has 100 valence electrons. The molecule has 1 aromatic rings. The lowest BCUT2D eigenvalue weighted by molar-refractivity contribution is 0.240. The van der Waals surface area contributed by atoms with E-state index < -0.39 is 0 Å². The van der Waals surface area contributed by atoms with Crippen molar-refractivity contribution in [3.8, 4) is 0 Å². The second-order valence-corrected chi connectivity index (χ2v) is 6.41. The topological polar surface area (TPSA) is 12.0 Å². The van der Waals surface area contributed by atoms with Gasteiger partial charge in [-0.2, -0.15) is 0 Å². The first kappa shape index (κ1) is 14.1. The van der Waals surface area contributed by atoms with Crippen molar-refractivity contribution in [2.45, 2.75) is 58.0 Å². The molecule has 1 nitrogen and oxygen atoms in total. The fourth-order valence-electron chi connectivity index (χ4n) is 3.08. The van der Waals surface area contributed by atoms with Crippen molar-refractivity contribution < 1.29 is 0 Å². The molecule has 1 aliphatic rings. The Hall–Kier alpha value is -0.340. The van der Waals surface area contributed by atoms with Crippen LogP contribution in [-0.2, 0) is 0 Å². The van der Waals surface area contributed by atoms with Gasteiger partial charge >= 0.3 is 0 Å². The molecule has 0 saturated heterocycles. The minimum absolute atomic E-state index is 0.454. The van der Waals surface area contributed by atoms with E-state index in [0.29, 0.717) is 12.1 Å². The highest BCUT2D eigenvalue weighted by Gasteiger charge is 2.24. The highest BCUT2D eigenvalue weighted by molar-refractivity contribution is 9.10. The number of hydrogen-bond donors (Lipinski definition) is 1. The lowest BCUT2D eigenvalue weighted by atomic mass is 9.82. The predicted molar refractivity (Wildman–Crippen MR) is 81.7 cm³/mol. The number of nitrogens with one attached hydrogen (secondary N) is 1. The predicted octanol–water partition coefficient (Wildman–Crippen LogP) is 5.07. The third-order valence-corrected chi connectivity index (χ3v) is 4.80. The highest BCUT2D eigenvalue weighted by atomic mass is 79.9. The molecular formula is C16H24BrN. The maximum absolute atomic E-state index is 3.84. The van der Waals surface area contributed by atoms with Crippen molar-refractivity contribution in [1.82, 2.24) is 5.32 Å². The average Bonchev–Trinajstić information content (AvgIpc) is 2.40. The van der Waals surface area contributed by atoms with E-state index in [4.69, 9.17) is 0 Å². The molecule has 0 aliphatic heterocycles. The van der Waals surface area contributed by atoms with Crippen molar-refractivity contribution >= 4 is 15.9 Å². The molecule has 0 bridgehead atoms. The molecule has 0 amide bonds. The molecule has 2 heteroatoms. The summed E-state index contributed by atoms with van der Waals surface area (Å²) in [5.74, 6) is 0.872. The molecule has 1 fully saturated rings. The van der Waals surface area contributed by atoms with Crippen molar-refractivity contribution in [3.63, 3.8) is 0 Å². The molecule has 0 radical (unpaired) electrons. The Balaban J connectivity index is 1.97. The fourth-order valence-corrected chi connectivity index (χ4v) is 3.35. The van der Waals surface area contributed by atoms with Gasteiger partial charge in [0.15, 0.2) is 0 Å². The van der Waals surface area contributed by atoms with Gasteiger partial charge in [-0.15, -0.1) is 0 Å². The summed E-state index contributed by atoms with van der Waals surface area (Å²) in [6.45, 7) is 4.61. The van der Waals surface area contributed by atoms with Crippen molar-refractivity contribution in [1.29, 1.82) is 0 Å². The third kappa shape index (κ3) is 3.58. The first-order valence-corrected chi connectivity index (χ1v) is 8.01. The Morgan fingerprint density at radius 3 is 2.56 bits per heavy atom. The molecule has 1 aromatic carbocycles. The number of hydrogen-bond acceptors (Lipinski definition) is 1. The van der Waals surface area contributed by atoms with Crippen LogP contribution in [0.4, 0.5) is 0 Å². The van der Waals surface area contributed by atoms with E-state index >= 15 is 0 Å². The van der Waals surface area contributed by atoms with Crippen LogP contribution in [0.25, 0.3) is 0 Å². The SMILES string of the molecule is CCC1CCCCC1NC(C)c1ccc(Br)cc1. The zero-order valence-electron chi connectivity index (χ0n) is 11.5. The van der Waals surface area contributed by atoms with Gasteiger partial charge in [-0.3, -0.25) is 0 Å². The molecule has 1 saturated carbocycles. The average molecular weight is 310 g/mol. The lowest BCUT2D eigenvalue weighted by Crippen LogP contribution is -2.39. The van der Waals surface area contributed by atoms with Gasteiger partial charge < -0.3 is 5.32 Å². The highest BCUT2D eigenvalue weighted by Crippen LogP contribution is 2.29. The Morgan fingerprint density at radius 1 is 1.22 bits per heavy atom. The first-order chi connectivity index (χ1) is 8.70. The first-order valence-electron chi connectivity index (χ1n) is 7.22. The zero-order valence-corrected chi connectivity index (χ0v) is 13.0. The van der Waals surface area contributed by atoms with Crippen LogP contribution < -0.4 is 5.32 Å². The second kappa shape index (κ2) is 6.72. The van der Waals surface area contributed by atoms with Gasteiger partial charge in [0.25, 0.3) is 0 Å². The summed E-state index contributed by atoms with van der Waals surface area (Å²) in [5.41, 5.74) is 1.39. The van der Waals surface area contributed by atoms with E-state index in [1.54, 1.807) is 0 Å². The molecule has 3 unspecified atom stereocenters. The minimum Gasteiger partial charge on any atom is -0.307 e. The van der Waals surface area contributed by atoms with Crippen LogP contribution in [0.5, 0.6) is 0 Å². The Morgan fingerprint density at radius 2 is 1.89 bits per heavy atom. The summed E-state index contributed by atoms with van der Waals surface area (Å²) in [6, 6.07) is 9.85. The van der Waals surface area contributed by atoms with Gasteiger partial charge in [-0.25, -0.2) is 0 Å². The van der Waals surface area contributed by atoms with Crippen LogP contribution in [-0.4, -0.2) is 6.04 Å². The van der Waals surface area contributed by atoms with Crippen molar-refractivity contribution in [2.75, 3.05) is 0 Å². The van der Waals surface area contributed by atoms with E-state index in [1.807, 2.05) is 0 Å². The van der Waals surface area contributed by atoms with Gasteiger partial charge in [0.05, 0.1) is 0 Å². The summed E-state index contributed by atoms with van der Waals surface area (Å²) < 4.78 is 1.16. The van der Waals surface area contributed by atoms with Gasteiger partial charge in [0.2, 0.25) is 0 Å². The van der Waals surface area contributed by atoms with Crippen LogP contribution >= 0.6 is 15.9 Å². The van der Waals surface area contributed by atoms with E-state index in [-0.39, 0.29) is 0 Å². The van der Waals surface area contributed by atoms with E-state index in [1.165, 1.54) is 37.7 Å². The summed E-state index contributed by atoms with van der Waals surface area (Å²) in [7, 11) is 0. The Labute approximate surface area is 119 Å². The van der Waals surface area contributed by atoms with Crippen LogP contribution in [0.15, 0.2) is 28.7 Å². The summed E-state index contributed by atoms with van der Waals surface area (Å²) in [6.07, 6.45) is 6.87. The normalized spacial score (nSPS) is 25.9. The lowest BCUT2D eigenvalue weighted by Gasteiger charge is -2.34. The van der Waals surface area contributed by atoms with Gasteiger partial charge in [0, 0.05) is 16.6 Å². The zero-order chi connectivity index (χ0) is 13.0. The summed E-state index contributed by atoms with van der Waals surface area (Å²) in [4.78, 5) is 0. The standard InChI is InChI=1S/C16H24BrN/c1-3-13-6-4-5-7-16(13)18-12(2)14-8-10-15(17)11-9-14/h8-13,16,18H,3-7H2,1-2H3. The van der Waals surface area contributed by atoms with Gasteiger partial charge in [-0.05, 0) is 43.4 Å². The van der Waals surface area contributed by atoms with Crippen LogP contribution in [0, 0.1) is 5.92 Å². The van der Waals surface area contributed by atoms with Gasteiger partial charge in [0.1, 0.15) is 0 Å². The number of halogens is 1. The van der Waals surface area contributed by atoms with Crippen LogP contribution in [0.1, 0.15) is 57.6 Å². The summed E-state index contributed by atoms with van der Waals surface area (Å²) in [5, 5.41) is 3.84. The second-order valence-electron chi connectivity index (χ2n) is 5.50. The van der Waals surface area contributed by atoms with E-state index in [0.717, 1.165) is 10.4 Å². The van der Waals surface area contributed by atoms with E-state index in [2.05, 4.69) is 59.4 Å². The maximum atomic E-state index is 3.84. The quantitative estimate of drug-likeness (QED) is 0.819. The molecule has 0 aromatic heterocycles. The molecule has 1 N–H and O–H groups in total. The van der Waals surface area contributed by atoms with Crippen LogP contribution in [0.3, 0.4) is 0 Å². The minimum atomic E-state index is 0.454. The van der Waals surface area contributed by atoms with Gasteiger partial charge in [-0.1, -0.05) is 54.2 Å². The molecule has 0 heterocycles. The maximum Gasteiger partial charge on any atom is 0.0294 e. The molecule has 18 heavy (non-hydrogen) atoms. The van der Waals surface area contributed by atoms with E-state index in [9.17, 15) is 0 Å². The molecule has 2 rings (SSSR count). The summed E-state index contributed by atoms with van der Waals surface area (Å²) >= 11 is 3.49. The molecular weight excluding hydrogens is 286 g/mol. The molecule has 3 atom stereocenters. The molecule has 1 aliphatic carbocycles. The van der Waals surface area contributed by atoms with Crippen molar-refractivity contribution in [2.24, 2.45) is 5.92 Å². The Kier molecular flexibility index (Phi) is 5.25. The Bertz CT molecular complexity index is 360. The van der Waals surface area contributed by atoms with Crippen molar-refractivity contribution in [3.05, 3.63) is 34.3 Å². The largest absolute Gasteiger partial charge is 0.307 e. The fraction of sp³-hybridized carbons (Fsp3) is 0.625. The smallest absolute Gasteiger partial charge is 0.0294 e. The van der Waals surface area contributed by atoms with Crippen LogP contribution in [0.2, 0.25) is 0 Å². The number of rotatable bonds is 4. The monoisotopic (exact) mass is 309 g/mol.